The van der Waals surface area contributed by atoms with Crippen LogP contribution in [0.3, 0.4) is 0 Å². The zero-order chi connectivity index (χ0) is 15.0. The third kappa shape index (κ3) is 2.58. The molecular weight excluding hydrogens is 337 g/mol. The van der Waals surface area contributed by atoms with Crippen LogP contribution in [0.2, 0.25) is 0 Å². The molecular formula is C16H13BrFNO2. The van der Waals surface area contributed by atoms with Gasteiger partial charge in [-0.05, 0) is 35.4 Å². The molecule has 2 unspecified atom stereocenters. The topological polar surface area (TPSA) is 43.1 Å². The first-order valence-electron chi connectivity index (χ1n) is 6.71. The molecule has 21 heavy (non-hydrogen) atoms. The van der Waals surface area contributed by atoms with E-state index < -0.39 is 16.4 Å². The number of nitro benzene ring substituents is 1. The van der Waals surface area contributed by atoms with Gasteiger partial charge in [-0.2, -0.15) is 4.39 Å². The summed E-state index contributed by atoms with van der Waals surface area (Å²) in [5.74, 6) is -0.503. The number of hydrogen-bond donors (Lipinski definition) is 0. The lowest BCUT2D eigenvalue weighted by atomic mass is 9.96. The Kier molecular flexibility index (Phi) is 3.76. The molecule has 2 aromatic rings. The number of rotatable bonds is 3. The van der Waals surface area contributed by atoms with Gasteiger partial charge in [-0.1, -0.05) is 52.3 Å². The normalized spacial score (nSPS) is 20.3. The third-order valence-corrected chi connectivity index (χ3v) is 5.23. The molecule has 5 heteroatoms. The van der Waals surface area contributed by atoms with Gasteiger partial charge in [0.1, 0.15) is 0 Å². The lowest BCUT2D eigenvalue weighted by molar-refractivity contribution is -0.387. The molecule has 2 atom stereocenters. The Bertz CT molecular complexity index is 704. The van der Waals surface area contributed by atoms with Crippen molar-refractivity contribution in [3.63, 3.8) is 0 Å². The van der Waals surface area contributed by atoms with Gasteiger partial charge < -0.3 is 0 Å². The van der Waals surface area contributed by atoms with E-state index in [4.69, 9.17) is 0 Å². The summed E-state index contributed by atoms with van der Waals surface area (Å²) >= 11 is 3.68. The maximum Gasteiger partial charge on any atom is 0.305 e. The van der Waals surface area contributed by atoms with Gasteiger partial charge in [-0.15, -0.1) is 0 Å². The Balaban J connectivity index is 1.86. The summed E-state index contributed by atoms with van der Waals surface area (Å²) < 4.78 is 14.2. The molecule has 0 radical (unpaired) electrons. The van der Waals surface area contributed by atoms with Crippen LogP contribution < -0.4 is 0 Å². The maximum absolute atomic E-state index is 14.2. The molecule has 1 aliphatic rings. The SMILES string of the molecule is O=[N+]([O-])c1cccc(CC2Cc3ccccc3C2Br)c1F. The first-order valence-corrected chi connectivity index (χ1v) is 7.63. The van der Waals surface area contributed by atoms with Crippen molar-refractivity contribution in [1.82, 2.24) is 0 Å². The van der Waals surface area contributed by atoms with Crippen LogP contribution >= 0.6 is 15.9 Å². The number of nitrogens with zero attached hydrogens (tertiary/aromatic N) is 1. The minimum atomic E-state index is -0.710. The van der Waals surface area contributed by atoms with Crippen molar-refractivity contribution in [2.45, 2.75) is 17.7 Å². The van der Waals surface area contributed by atoms with Gasteiger partial charge in [0.05, 0.1) is 4.92 Å². The highest BCUT2D eigenvalue weighted by atomic mass is 79.9. The van der Waals surface area contributed by atoms with Crippen LogP contribution in [-0.4, -0.2) is 4.92 Å². The van der Waals surface area contributed by atoms with E-state index in [1.54, 1.807) is 12.1 Å². The van der Waals surface area contributed by atoms with Gasteiger partial charge in [0.25, 0.3) is 0 Å². The second-order valence-electron chi connectivity index (χ2n) is 5.28. The summed E-state index contributed by atoms with van der Waals surface area (Å²) in [7, 11) is 0. The Labute approximate surface area is 130 Å². The largest absolute Gasteiger partial charge is 0.305 e. The second kappa shape index (κ2) is 5.56. The number of alkyl halides is 1. The van der Waals surface area contributed by atoms with E-state index in [-0.39, 0.29) is 10.7 Å². The molecule has 0 aromatic heterocycles. The monoisotopic (exact) mass is 349 g/mol. The van der Waals surface area contributed by atoms with Crippen LogP contribution in [0.15, 0.2) is 42.5 Å². The third-order valence-electron chi connectivity index (χ3n) is 3.99. The molecule has 2 aromatic carbocycles. The molecule has 0 heterocycles. The fourth-order valence-electron chi connectivity index (χ4n) is 2.95. The van der Waals surface area contributed by atoms with Crippen LogP contribution in [0.25, 0.3) is 0 Å². The van der Waals surface area contributed by atoms with Crippen molar-refractivity contribution < 1.29 is 9.31 Å². The average molecular weight is 350 g/mol. The van der Waals surface area contributed by atoms with E-state index in [0.717, 1.165) is 6.42 Å². The number of halogens is 2. The van der Waals surface area contributed by atoms with Crippen molar-refractivity contribution in [3.05, 3.63) is 75.1 Å². The fraction of sp³-hybridized carbons (Fsp3) is 0.250. The van der Waals surface area contributed by atoms with Gasteiger partial charge in [0.2, 0.25) is 5.82 Å². The van der Waals surface area contributed by atoms with Crippen LogP contribution in [0.4, 0.5) is 10.1 Å². The molecule has 0 saturated carbocycles. The lowest BCUT2D eigenvalue weighted by Crippen LogP contribution is -2.09. The Morgan fingerprint density at radius 2 is 2.00 bits per heavy atom. The first kappa shape index (κ1) is 14.2. The smallest absolute Gasteiger partial charge is 0.258 e. The summed E-state index contributed by atoms with van der Waals surface area (Å²) in [5.41, 5.74) is 2.45. The van der Waals surface area contributed by atoms with E-state index in [2.05, 4.69) is 28.1 Å². The highest BCUT2D eigenvalue weighted by Gasteiger charge is 2.31. The summed E-state index contributed by atoms with van der Waals surface area (Å²) in [4.78, 5) is 10.3. The second-order valence-corrected chi connectivity index (χ2v) is 6.26. The Hall–Kier alpha value is -1.75. The number of fused-ring (bicyclic) bond motifs is 1. The van der Waals surface area contributed by atoms with Crippen LogP contribution in [0.5, 0.6) is 0 Å². The molecule has 0 amide bonds. The molecule has 0 N–H and O–H groups in total. The zero-order valence-corrected chi connectivity index (χ0v) is 12.7. The van der Waals surface area contributed by atoms with Crippen molar-refractivity contribution in [1.29, 1.82) is 0 Å². The molecule has 0 saturated heterocycles. The molecule has 1 aliphatic carbocycles. The summed E-state index contributed by atoms with van der Waals surface area (Å²) in [6.07, 6.45) is 1.34. The van der Waals surface area contributed by atoms with Crippen LogP contribution in [-0.2, 0) is 12.8 Å². The van der Waals surface area contributed by atoms with Gasteiger partial charge >= 0.3 is 5.69 Å². The molecule has 0 spiro atoms. The predicted molar refractivity (Wildman–Crippen MR) is 82.1 cm³/mol. The predicted octanol–water partition coefficient (Wildman–Crippen LogP) is 4.58. The molecule has 0 fully saturated rings. The quantitative estimate of drug-likeness (QED) is 0.462. The summed E-state index contributed by atoms with van der Waals surface area (Å²) in [5, 5.41) is 10.8. The average Bonchev–Trinajstić information content (AvgIpc) is 2.78. The maximum atomic E-state index is 14.2. The summed E-state index contributed by atoms with van der Waals surface area (Å²) in [6, 6.07) is 12.5. The minimum absolute atomic E-state index is 0.160. The lowest BCUT2D eigenvalue weighted by Gasteiger charge is -2.15. The molecule has 108 valence electrons. The highest BCUT2D eigenvalue weighted by Crippen LogP contribution is 2.44. The van der Waals surface area contributed by atoms with Gasteiger partial charge in [0.15, 0.2) is 0 Å². The molecule has 0 aliphatic heterocycles. The standard InChI is InChI=1S/C16H13BrFNO2/c17-15-12(8-10-4-1-2-6-13(10)15)9-11-5-3-7-14(16(11)18)19(20)21/h1-7,12,15H,8-9H2. The fourth-order valence-corrected chi connectivity index (χ4v) is 3.77. The number of hydrogen-bond acceptors (Lipinski definition) is 2. The number of benzene rings is 2. The van der Waals surface area contributed by atoms with E-state index in [1.165, 1.54) is 17.2 Å². The Morgan fingerprint density at radius 1 is 1.24 bits per heavy atom. The molecule has 0 bridgehead atoms. The van der Waals surface area contributed by atoms with E-state index >= 15 is 0 Å². The zero-order valence-electron chi connectivity index (χ0n) is 11.1. The van der Waals surface area contributed by atoms with Gasteiger partial charge in [-0.25, -0.2) is 0 Å². The van der Waals surface area contributed by atoms with Crippen molar-refractivity contribution in [2.75, 3.05) is 0 Å². The van der Waals surface area contributed by atoms with Gasteiger partial charge in [0, 0.05) is 10.9 Å². The van der Waals surface area contributed by atoms with E-state index in [1.807, 2.05) is 12.1 Å². The molecule has 3 nitrogen and oxygen atoms in total. The van der Waals surface area contributed by atoms with Gasteiger partial charge in [-0.3, -0.25) is 10.1 Å². The molecule has 3 rings (SSSR count). The minimum Gasteiger partial charge on any atom is -0.258 e. The Morgan fingerprint density at radius 3 is 2.71 bits per heavy atom. The van der Waals surface area contributed by atoms with E-state index in [9.17, 15) is 14.5 Å². The number of nitro groups is 1. The summed E-state index contributed by atoms with van der Waals surface area (Å²) in [6.45, 7) is 0. The first-order chi connectivity index (χ1) is 10.1. The van der Waals surface area contributed by atoms with E-state index in [0.29, 0.717) is 12.0 Å². The van der Waals surface area contributed by atoms with Crippen molar-refractivity contribution in [3.8, 4) is 0 Å². The van der Waals surface area contributed by atoms with Crippen molar-refractivity contribution in [2.24, 2.45) is 5.92 Å². The van der Waals surface area contributed by atoms with Crippen molar-refractivity contribution >= 4 is 21.6 Å². The highest BCUT2D eigenvalue weighted by molar-refractivity contribution is 9.09. The van der Waals surface area contributed by atoms with Crippen LogP contribution in [0.1, 0.15) is 21.5 Å². The van der Waals surface area contributed by atoms with Crippen LogP contribution in [0, 0.1) is 21.8 Å².